The molecule has 0 saturated carbocycles. The van der Waals surface area contributed by atoms with E-state index in [1.165, 1.54) is 11.8 Å². The fraction of sp³-hybridized carbons (Fsp3) is 0.211. The third kappa shape index (κ3) is 4.43. The van der Waals surface area contributed by atoms with E-state index in [2.05, 4.69) is 20.5 Å². The second-order valence-corrected chi connectivity index (χ2v) is 6.82. The first-order valence-corrected chi connectivity index (χ1v) is 9.10. The van der Waals surface area contributed by atoms with Gasteiger partial charge in [-0.05, 0) is 37.6 Å². The molecule has 0 unspecified atom stereocenters. The number of benzene rings is 2. The van der Waals surface area contributed by atoms with Crippen LogP contribution in [0.3, 0.4) is 0 Å². The third-order valence-electron chi connectivity index (χ3n) is 3.72. The van der Waals surface area contributed by atoms with E-state index < -0.39 is 0 Å². The largest absolute Gasteiger partial charge is 0.495 e. The number of methoxy groups -OCH3 is 1. The second kappa shape index (κ2) is 8.05. The van der Waals surface area contributed by atoms with E-state index >= 15 is 0 Å². The molecule has 0 saturated heterocycles. The van der Waals surface area contributed by atoms with E-state index in [0.717, 1.165) is 16.7 Å². The van der Waals surface area contributed by atoms with Gasteiger partial charge in [-0.15, -0.1) is 5.10 Å². The Kier molecular flexibility index (Phi) is 5.58. The van der Waals surface area contributed by atoms with Gasteiger partial charge in [0.05, 0.1) is 18.6 Å². The van der Waals surface area contributed by atoms with Crippen LogP contribution in [0, 0.1) is 13.8 Å². The van der Waals surface area contributed by atoms with Crippen LogP contribution < -0.4 is 10.1 Å². The minimum absolute atomic E-state index is 0.138. The van der Waals surface area contributed by atoms with Gasteiger partial charge in [0.2, 0.25) is 11.1 Å². The number of carbonyl (C=O) groups excluding carboxylic acids is 1. The van der Waals surface area contributed by atoms with E-state index in [9.17, 15) is 4.79 Å². The summed E-state index contributed by atoms with van der Waals surface area (Å²) in [4.78, 5) is 16.7. The molecule has 2 aromatic carbocycles. The molecule has 26 heavy (non-hydrogen) atoms. The molecule has 0 spiro atoms. The van der Waals surface area contributed by atoms with E-state index in [-0.39, 0.29) is 11.7 Å². The first-order valence-electron chi connectivity index (χ1n) is 8.12. The summed E-state index contributed by atoms with van der Waals surface area (Å²) >= 11 is 1.28. The van der Waals surface area contributed by atoms with Crippen molar-refractivity contribution in [3.8, 4) is 17.1 Å². The first-order chi connectivity index (χ1) is 12.5. The fourth-order valence-corrected chi connectivity index (χ4v) is 3.07. The summed E-state index contributed by atoms with van der Waals surface area (Å²) in [6.07, 6.45) is 0. The van der Waals surface area contributed by atoms with E-state index in [4.69, 9.17) is 4.74 Å². The number of hydrogen-bond acceptors (Lipinski definition) is 5. The third-order valence-corrected chi connectivity index (χ3v) is 4.57. The zero-order valence-electron chi connectivity index (χ0n) is 14.9. The Morgan fingerprint density at radius 1 is 1.19 bits per heavy atom. The maximum Gasteiger partial charge on any atom is 0.234 e. The maximum atomic E-state index is 12.2. The van der Waals surface area contributed by atoms with Crippen molar-refractivity contribution in [3.63, 3.8) is 0 Å². The average molecular weight is 368 g/mol. The number of aryl methyl sites for hydroxylation is 2. The normalized spacial score (nSPS) is 10.6. The summed E-state index contributed by atoms with van der Waals surface area (Å²) in [5.74, 6) is 1.40. The number of anilines is 1. The van der Waals surface area contributed by atoms with Gasteiger partial charge >= 0.3 is 0 Å². The molecule has 6 nitrogen and oxygen atoms in total. The molecule has 0 aliphatic heterocycles. The van der Waals surface area contributed by atoms with Crippen LogP contribution in [-0.2, 0) is 4.79 Å². The molecular formula is C19H20N4O2S. The quantitative estimate of drug-likeness (QED) is 0.647. The number of aromatic amines is 1. The number of amides is 1. The van der Waals surface area contributed by atoms with Gasteiger partial charge in [0.25, 0.3) is 0 Å². The van der Waals surface area contributed by atoms with Crippen LogP contribution in [0.1, 0.15) is 11.1 Å². The molecule has 1 aromatic heterocycles. The van der Waals surface area contributed by atoms with Gasteiger partial charge in [0.15, 0.2) is 5.82 Å². The molecule has 7 heteroatoms. The Morgan fingerprint density at radius 2 is 2.00 bits per heavy atom. The number of nitrogens with one attached hydrogen (secondary N) is 2. The number of hydrogen-bond donors (Lipinski definition) is 2. The van der Waals surface area contributed by atoms with Crippen molar-refractivity contribution in [1.82, 2.24) is 15.2 Å². The van der Waals surface area contributed by atoms with Gasteiger partial charge in [-0.1, -0.05) is 41.6 Å². The topological polar surface area (TPSA) is 79.9 Å². The van der Waals surface area contributed by atoms with Crippen LogP contribution in [-0.4, -0.2) is 34.0 Å². The number of H-pyrrole nitrogens is 1. The molecule has 0 atom stereocenters. The van der Waals surface area contributed by atoms with Gasteiger partial charge in [0.1, 0.15) is 5.75 Å². The average Bonchev–Trinajstić information content (AvgIpc) is 3.09. The van der Waals surface area contributed by atoms with Gasteiger partial charge in [-0.25, -0.2) is 4.98 Å². The Labute approximate surface area is 156 Å². The molecule has 134 valence electrons. The van der Waals surface area contributed by atoms with Crippen molar-refractivity contribution in [2.45, 2.75) is 19.0 Å². The van der Waals surface area contributed by atoms with Crippen molar-refractivity contribution in [2.24, 2.45) is 0 Å². The number of carbonyl (C=O) groups is 1. The van der Waals surface area contributed by atoms with Crippen molar-refractivity contribution in [2.75, 3.05) is 18.2 Å². The number of ether oxygens (including phenoxy) is 1. The highest BCUT2D eigenvalue weighted by molar-refractivity contribution is 7.99. The standard InChI is InChI=1S/C19H20N4O2S/c1-12-5-4-6-14(9-12)18-21-19(23-22-18)26-11-17(24)20-15-10-13(2)7-8-16(15)25-3/h4-10H,11H2,1-3H3,(H,20,24)(H,21,22,23). The maximum absolute atomic E-state index is 12.2. The number of aromatic nitrogens is 3. The highest BCUT2D eigenvalue weighted by Crippen LogP contribution is 2.26. The summed E-state index contributed by atoms with van der Waals surface area (Å²) in [6.45, 7) is 3.99. The van der Waals surface area contributed by atoms with Crippen molar-refractivity contribution in [3.05, 3.63) is 53.6 Å². The SMILES string of the molecule is COc1ccc(C)cc1NC(=O)CSc1n[nH]c(-c2cccc(C)c2)n1. The minimum Gasteiger partial charge on any atom is -0.495 e. The zero-order chi connectivity index (χ0) is 18.5. The lowest BCUT2D eigenvalue weighted by molar-refractivity contribution is -0.113. The van der Waals surface area contributed by atoms with Crippen molar-refractivity contribution >= 4 is 23.4 Å². The lowest BCUT2D eigenvalue weighted by Gasteiger charge is -2.10. The smallest absolute Gasteiger partial charge is 0.234 e. The molecular weight excluding hydrogens is 348 g/mol. The molecule has 1 amide bonds. The Bertz CT molecular complexity index is 923. The summed E-state index contributed by atoms with van der Waals surface area (Å²) in [5.41, 5.74) is 3.83. The van der Waals surface area contributed by atoms with Gasteiger partial charge < -0.3 is 10.1 Å². The molecule has 3 aromatic rings. The Hall–Kier alpha value is -2.80. The van der Waals surface area contributed by atoms with Gasteiger partial charge in [-0.2, -0.15) is 0 Å². The predicted molar refractivity (Wildman–Crippen MR) is 104 cm³/mol. The molecule has 0 aliphatic rings. The van der Waals surface area contributed by atoms with Crippen LogP contribution in [0.4, 0.5) is 5.69 Å². The summed E-state index contributed by atoms with van der Waals surface area (Å²) in [7, 11) is 1.58. The molecule has 0 fully saturated rings. The molecule has 0 bridgehead atoms. The van der Waals surface area contributed by atoms with Crippen LogP contribution >= 0.6 is 11.8 Å². The van der Waals surface area contributed by atoms with E-state index in [0.29, 0.717) is 22.4 Å². The lowest BCUT2D eigenvalue weighted by Crippen LogP contribution is -2.15. The zero-order valence-corrected chi connectivity index (χ0v) is 15.7. The fourth-order valence-electron chi connectivity index (χ4n) is 2.47. The summed E-state index contributed by atoms with van der Waals surface area (Å²) in [5, 5.41) is 10.5. The van der Waals surface area contributed by atoms with E-state index in [1.54, 1.807) is 7.11 Å². The van der Waals surface area contributed by atoms with Crippen LogP contribution in [0.2, 0.25) is 0 Å². The Morgan fingerprint density at radius 3 is 2.77 bits per heavy atom. The molecule has 3 rings (SSSR count). The highest BCUT2D eigenvalue weighted by atomic mass is 32.2. The monoisotopic (exact) mass is 368 g/mol. The van der Waals surface area contributed by atoms with Crippen LogP contribution in [0.25, 0.3) is 11.4 Å². The number of nitrogens with zero attached hydrogens (tertiary/aromatic N) is 2. The Balaban J connectivity index is 1.61. The van der Waals surface area contributed by atoms with Crippen molar-refractivity contribution in [1.29, 1.82) is 0 Å². The van der Waals surface area contributed by atoms with Gasteiger partial charge in [0, 0.05) is 5.56 Å². The minimum atomic E-state index is -0.138. The summed E-state index contributed by atoms with van der Waals surface area (Å²) < 4.78 is 5.27. The molecule has 0 radical (unpaired) electrons. The first kappa shape index (κ1) is 18.0. The second-order valence-electron chi connectivity index (χ2n) is 5.88. The predicted octanol–water partition coefficient (Wildman–Crippen LogP) is 3.83. The molecule has 0 aliphatic carbocycles. The lowest BCUT2D eigenvalue weighted by atomic mass is 10.1. The molecule has 2 N–H and O–H groups in total. The highest BCUT2D eigenvalue weighted by Gasteiger charge is 2.11. The van der Waals surface area contributed by atoms with Crippen LogP contribution in [0.15, 0.2) is 47.6 Å². The van der Waals surface area contributed by atoms with Crippen molar-refractivity contribution < 1.29 is 9.53 Å². The number of thioether (sulfide) groups is 1. The van der Waals surface area contributed by atoms with Crippen LogP contribution in [0.5, 0.6) is 5.75 Å². The molecule has 1 heterocycles. The number of rotatable bonds is 6. The summed E-state index contributed by atoms with van der Waals surface area (Å²) in [6, 6.07) is 13.7. The van der Waals surface area contributed by atoms with E-state index in [1.807, 2.05) is 56.3 Å². The van der Waals surface area contributed by atoms with Gasteiger partial charge in [-0.3, -0.25) is 9.89 Å².